The average molecular weight is 425 g/mol. The minimum Gasteiger partial charge on any atom is -0.507 e. The van der Waals surface area contributed by atoms with Crippen LogP contribution >= 0.6 is 11.8 Å². The van der Waals surface area contributed by atoms with Gasteiger partial charge in [-0.05, 0) is 55.8 Å². The molecule has 1 aliphatic heterocycles. The molecule has 0 radical (unpaired) electrons. The second kappa shape index (κ2) is 8.88. The molecular weight excluding hydrogens is 396 g/mol. The van der Waals surface area contributed by atoms with Gasteiger partial charge in [0.1, 0.15) is 11.5 Å². The van der Waals surface area contributed by atoms with Gasteiger partial charge in [-0.1, -0.05) is 37.7 Å². The number of nitrogens with one attached hydrogen (secondary N) is 1. The number of rotatable bonds is 6. The van der Waals surface area contributed by atoms with E-state index in [0.717, 1.165) is 22.0 Å². The molecule has 3 rings (SSSR count). The molecule has 0 saturated heterocycles. The summed E-state index contributed by atoms with van der Waals surface area (Å²) in [6.45, 7) is 8.72. The number of amides is 1. The van der Waals surface area contributed by atoms with Gasteiger partial charge in [0.2, 0.25) is 0 Å². The van der Waals surface area contributed by atoms with Gasteiger partial charge in [-0.3, -0.25) is 4.79 Å². The normalized spacial score (nSPS) is 15.3. The summed E-state index contributed by atoms with van der Waals surface area (Å²) in [6, 6.07) is 12.7. The number of anilines is 1. The zero-order chi connectivity index (χ0) is 21.9. The smallest absolute Gasteiger partial charge is 0.255 e. The monoisotopic (exact) mass is 424 g/mol. The molecule has 158 valence electrons. The standard InChI is InChI=1S/C24H28N2O3S/c1-16-12-18(10-11-21(16)29-5)26-14-17(2)30-22(26)13-24(3,4)15-25-23(28)19-8-6-7-9-20(19)27/h6-14,27H,15H2,1-5H3,(H,25,28). The molecule has 1 heterocycles. The summed E-state index contributed by atoms with van der Waals surface area (Å²) >= 11 is 1.71. The third-order valence-corrected chi connectivity index (χ3v) is 5.79. The molecule has 0 aromatic heterocycles. The van der Waals surface area contributed by atoms with Crippen LogP contribution in [0, 0.1) is 12.3 Å². The number of carbonyl (C=O) groups excluding carboxylic acids is 1. The molecule has 0 bridgehead atoms. The molecule has 6 heteroatoms. The number of aryl methyl sites for hydroxylation is 1. The summed E-state index contributed by atoms with van der Waals surface area (Å²) in [7, 11) is 1.68. The minimum atomic E-state index is -0.291. The lowest BCUT2D eigenvalue weighted by Gasteiger charge is -2.25. The van der Waals surface area contributed by atoms with E-state index in [4.69, 9.17) is 4.74 Å². The number of benzene rings is 2. The van der Waals surface area contributed by atoms with Gasteiger partial charge in [0.25, 0.3) is 5.91 Å². The Kier molecular flexibility index (Phi) is 6.46. The Morgan fingerprint density at radius 3 is 2.63 bits per heavy atom. The second-order valence-corrected chi connectivity index (χ2v) is 9.30. The number of ether oxygens (including phenoxy) is 1. The molecule has 0 spiro atoms. The fourth-order valence-corrected chi connectivity index (χ4v) is 4.38. The van der Waals surface area contributed by atoms with E-state index < -0.39 is 0 Å². The number of hydrogen-bond acceptors (Lipinski definition) is 5. The van der Waals surface area contributed by atoms with Gasteiger partial charge in [0.15, 0.2) is 0 Å². The van der Waals surface area contributed by atoms with E-state index >= 15 is 0 Å². The predicted octanol–water partition coefficient (Wildman–Crippen LogP) is 5.42. The van der Waals surface area contributed by atoms with Crippen LogP contribution in [0.4, 0.5) is 5.69 Å². The van der Waals surface area contributed by atoms with Gasteiger partial charge in [-0.15, -0.1) is 0 Å². The summed E-state index contributed by atoms with van der Waals surface area (Å²) in [5.41, 5.74) is 2.13. The third-order valence-electron chi connectivity index (χ3n) is 4.84. The molecule has 2 aromatic carbocycles. The van der Waals surface area contributed by atoms with Crippen LogP contribution in [0.5, 0.6) is 11.5 Å². The topological polar surface area (TPSA) is 61.8 Å². The SMILES string of the molecule is COc1ccc(N2C=C(C)SC2=CC(C)(C)CNC(=O)c2ccccc2O)cc1C. The number of phenols is 1. The van der Waals surface area contributed by atoms with Crippen LogP contribution in [0.2, 0.25) is 0 Å². The van der Waals surface area contributed by atoms with Gasteiger partial charge in [-0.25, -0.2) is 0 Å². The van der Waals surface area contributed by atoms with Crippen molar-refractivity contribution < 1.29 is 14.6 Å². The van der Waals surface area contributed by atoms with Crippen molar-refractivity contribution in [2.24, 2.45) is 5.41 Å². The number of allylic oxidation sites excluding steroid dienone is 1. The number of thioether (sulfide) groups is 1. The maximum absolute atomic E-state index is 12.5. The van der Waals surface area contributed by atoms with Crippen molar-refractivity contribution in [3.63, 3.8) is 0 Å². The van der Waals surface area contributed by atoms with E-state index in [1.807, 2.05) is 19.1 Å². The summed E-state index contributed by atoms with van der Waals surface area (Å²) in [4.78, 5) is 15.8. The maximum Gasteiger partial charge on any atom is 0.255 e. The zero-order valence-corrected chi connectivity index (χ0v) is 18.8. The van der Waals surface area contributed by atoms with Crippen molar-refractivity contribution >= 4 is 23.4 Å². The second-order valence-electron chi connectivity index (χ2n) is 8.04. The molecule has 0 atom stereocenters. The first-order valence-electron chi connectivity index (χ1n) is 9.79. The Labute approximate surface area is 182 Å². The lowest BCUT2D eigenvalue weighted by Crippen LogP contribution is -2.33. The number of aromatic hydroxyl groups is 1. The fraction of sp³-hybridized carbons (Fsp3) is 0.292. The molecule has 2 N–H and O–H groups in total. The van der Waals surface area contributed by atoms with Crippen molar-refractivity contribution in [2.45, 2.75) is 27.7 Å². The summed E-state index contributed by atoms with van der Waals surface area (Å²) in [6.07, 6.45) is 4.30. The highest BCUT2D eigenvalue weighted by molar-refractivity contribution is 8.07. The van der Waals surface area contributed by atoms with Crippen molar-refractivity contribution in [2.75, 3.05) is 18.6 Å². The number of methoxy groups -OCH3 is 1. The van der Waals surface area contributed by atoms with Crippen LogP contribution in [0.1, 0.15) is 36.7 Å². The van der Waals surface area contributed by atoms with E-state index in [9.17, 15) is 9.90 Å². The Morgan fingerprint density at radius 2 is 1.97 bits per heavy atom. The van der Waals surface area contributed by atoms with E-state index in [-0.39, 0.29) is 22.6 Å². The number of nitrogens with zero attached hydrogens (tertiary/aromatic N) is 1. The van der Waals surface area contributed by atoms with Crippen molar-refractivity contribution in [1.82, 2.24) is 5.32 Å². The first kappa shape index (κ1) is 21.8. The van der Waals surface area contributed by atoms with Crippen LogP contribution in [-0.2, 0) is 0 Å². The van der Waals surface area contributed by atoms with Gasteiger partial charge in [0.05, 0.1) is 17.7 Å². The van der Waals surface area contributed by atoms with E-state index in [1.165, 1.54) is 11.0 Å². The lowest BCUT2D eigenvalue weighted by atomic mass is 9.93. The van der Waals surface area contributed by atoms with Gasteiger partial charge in [0, 0.05) is 28.8 Å². The highest BCUT2D eigenvalue weighted by Crippen LogP contribution is 2.42. The Morgan fingerprint density at radius 1 is 1.23 bits per heavy atom. The van der Waals surface area contributed by atoms with Gasteiger partial charge >= 0.3 is 0 Å². The Bertz CT molecular complexity index is 1010. The van der Waals surface area contributed by atoms with Crippen LogP contribution < -0.4 is 15.0 Å². The molecule has 5 nitrogen and oxygen atoms in total. The lowest BCUT2D eigenvalue weighted by molar-refractivity contribution is 0.0940. The molecule has 0 unspecified atom stereocenters. The summed E-state index contributed by atoms with van der Waals surface area (Å²) < 4.78 is 5.38. The van der Waals surface area contributed by atoms with E-state index in [2.05, 4.69) is 49.3 Å². The molecular formula is C24H28N2O3S. The molecule has 0 saturated carbocycles. The van der Waals surface area contributed by atoms with E-state index in [1.54, 1.807) is 37.1 Å². The number of para-hydroxylation sites is 1. The Hall–Kier alpha value is -2.86. The fourth-order valence-electron chi connectivity index (χ4n) is 3.25. The molecule has 30 heavy (non-hydrogen) atoms. The number of carbonyl (C=O) groups is 1. The van der Waals surface area contributed by atoms with Crippen LogP contribution in [0.25, 0.3) is 0 Å². The Balaban J connectivity index is 1.77. The van der Waals surface area contributed by atoms with Gasteiger partial charge < -0.3 is 20.1 Å². The van der Waals surface area contributed by atoms with Crippen LogP contribution in [0.15, 0.2) is 64.7 Å². The quantitative estimate of drug-likeness (QED) is 0.648. The molecule has 2 aromatic rings. The molecule has 1 aliphatic rings. The zero-order valence-electron chi connectivity index (χ0n) is 18.0. The maximum atomic E-state index is 12.5. The molecule has 1 amide bonds. The van der Waals surface area contributed by atoms with Crippen LogP contribution in [0.3, 0.4) is 0 Å². The van der Waals surface area contributed by atoms with Crippen molar-refractivity contribution in [3.05, 3.63) is 75.8 Å². The number of phenolic OH excluding ortho intramolecular Hbond substituents is 1. The predicted molar refractivity (Wildman–Crippen MR) is 124 cm³/mol. The van der Waals surface area contributed by atoms with Crippen molar-refractivity contribution in [1.29, 1.82) is 0 Å². The average Bonchev–Trinajstić information content (AvgIpc) is 3.05. The third kappa shape index (κ3) is 5.00. The minimum absolute atomic E-state index is 0.0154. The van der Waals surface area contributed by atoms with E-state index in [0.29, 0.717) is 6.54 Å². The number of hydrogen-bond donors (Lipinski definition) is 2. The highest BCUT2D eigenvalue weighted by atomic mass is 32.2. The molecule has 0 fully saturated rings. The summed E-state index contributed by atoms with van der Waals surface area (Å²) in [5.74, 6) is 0.568. The first-order chi connectivity index (χ1) is 14.2. The summed E-state index contributed by atoms with van der Waals surface area (Å²) in [5, 5.41) is 13.9. The molecule has 0 aliphatic carbocycles. The van der Waals surface area contributed by atoms with Crippen LogP contribution in [-0.4, -0.2) is 24.7 Å². The van der Waals surface area contributed by atoms with Gasteiger partial charge in [-0.2, -0.15) is 0 Å². The van der Waals surface area contributed by atoms with Crippen molar-refractivity contribution in [3.8, 4) is 11.5 Å². The first-order valence-corrected chi connectivity index (χ1v) is 10.6. The highest BCUT2D eigenvalue weighted by Gasteiger charge is 2.25. The largest absolute Gasteiger partial charge is 0.507 e.